The van der Waals surface area contributed by atoms with Gasteiger partial charge in [0.25, 0.3) is 5.91 Å². The zero-order valence-electron chi connectivity index (χ0n) is 16.3. The molecular weight excluding hydrogens is 422 g/mol. The number of hydrogen-bond acceptors (Lipinski definition) is 4. The van der Waals surface area contributed by atoms with E-state index in [0.29, 0.717) is 29.5 Å². The SMILES string of the molecule is O=C(CN1C(=O)C(C(=O)N2CCCCC2)Sc2ccccc21)Nc1ccc(Cl)cc1. The summed E-state index contributed by atoms with van der Waals surface area (Å²) in [6.45, 7) is 1.20. The van der Waals surface area contributed by atoms with Crippen LogP contribution in [0.25, 0.3) is 0 Å². The maximum Gasteiger partial charge on any atom is 0.250 e. The van der Waals surface area contributed by atoms with Gasteiger partial charge in [-0.25, -0.2) is 0 Å². The van der Waals surface area contributed by atoms with E-state index in [2.05, 4.69) is 5.32 Å². The molecule has 1 unspecified atom stereocenters. The van der Waals surface area contributed by atoms with E-state index in [9.17, 15) is 14.4 Å². The van der Waals surface area contributed by atoms with Gasteiger partial charge in [-0.15, -0.1) is 11.8 Å². The number of amides is 3. The molecule has 0 bridgehead atoms. The fourth-order valence-electron chi connectivity index (χ4n) is 3.69. The Labute approximate surface area is 184 Å². The van der Waals surface area contributed by atoms with E-state index in [1.807, 2.05) is 18.2 Å². The number of halogens is 1. The van der Waals surface area contributed by atoms with Crippen molar-refractivity contribution in [1.82, 2.24) is 4.90 Å². The van der Waals surface area contributed by atoms with Crippen molar-refractivity contribution >= 4 is 52.5 Å². The second-order valence-electron chi connectivity index (χ2n) is 7.33. The molecule has 8 heteroatoms. The Bertz CT molecular complexity index is 960. The lowest BCUT2D eigenvalue weighted by atomic mass is 10.1. The van der Waals surface area contributed by atoms with E-state index < -0.39 is 5.25 Å². The van der Waals surface area contributed by atoms with E-state index in [0.717, 1.165) is 24.2 Å². The van der Waals surface area contributed by atoms with Crippen molar-refractivity contribution in [2.24, 2.45) is 0 Å². The Balaban J connectivity index is 1.54. The lowest BCUT2D eigenvalue weighted by Gasteiger charge is -2.36. The van der Waals surface area contributed by atoms with Crippen molar-refractivity contribution in [2.45, 2.75) is 29.4 Å². The number of nitrogens with one attached hydrogen (secondary N) is 1. The van der Waals surface area contributed by atoms with Crippen molar-refractivity contribution in [3.8, 4) is 0 Å². The van der Waals surface area contributed by atoms with Gasteiger partial charge in [-0.05, 0) is 55.7 Å². The quantitative estimate of drug-likeness (QED) is 0.730. The number of anilines is 2. The van der Waals surface area contributed by atoms with Gasteiger partial charge in [0, 0.05) is 28.7 Å². The first kappa shape index (κ1) is 20.8. The molecule has 1 N–H and O–H groups in total. The van der Waals surface area contributed by atoms with Crippen LogP contribution >= 0.6 is 23.4 Å². The zero-order chi connectivity index (χ0) is 21.1. The van der Waals surface area contributed by atoms with Crippen LogP contribution in [0, 0.1) is 0 Å². The van der Waals surface area contributed by atoms with Gasteiger partial charge in [0.05, 0.1) is 5.69 Å². The molecule has 2 aromatic rings. The predicted molar refractivity (Wildman–Crippen MR) is 119 cm³/mol. The lowest BCUT2D eigenvalue weighted by molar-refractivity contribution is -0.135. The standard InChI is InChI=1S/C22H22ClN3O3S/c23-15-8-10-16(11-9-15)24-19(27)14-26-17-6-2-3-7-18(17)30-20(22(26)29)21(28)25-12-4-1-5-13-25/h2-3,6-11,20H,1,4-5,12-14H2,(H,24,27). The second kappa shape index (κ2) is 9.10. The highest BCUT2D eigenvalue weighted by Gasteiger charge is 2.40. The lowest BCUT2D eigenvalue weighted by Crippen LogP contribution is -2.52. The summed E-state index contributed by atoms with van der Waals surface area (Å²) in [5.41, 5.74) is 1.25. The van der Waals surface area contributed by atoms with Crippen molar-refractivity contribution in [2.75, 3.05) is 29.9 Å². The summed E-state index contributed by atoms with van der Waals surface area (Å²) in [4.78, 5) is 43.0. The fraction of sp³-hybridized carbons (Fsp3) is 0.318. The molecular formula is C22H22ClN3O3S. The van der Waals surface area contributed by atoms with Crippen LogP contribution in [0.2, 0.25) is 5.02 Å². The van der Waals surface area contributed by atoms with Gasteiger partial charge in [-0.1, -0.05) is 23.7 Å². The van der Waals surface area contributed by atoms with Crippen LogP contribution in [0.5, 0.6) is 0 Å². The molecule has 0 aliphatic carbocycles. The molecule has 4 rings (SSSR count). The number of carbonyl (C=O) groups excluding carboxylic acids is 3. The molecule has 3 amide bonds. The highest BCUT2D eigenvalue weighted by Crippen LogP contribution is 2.40. The molecule has 156 valence electrons. The van der Waals surface area contributed by atoms with Crippen LogP contribution < -0.4 is 10.2 Å². The molecule has 0 aromatic heterocycles. The average Bonchev–Trinajstić information content (AvgIpc) is 2.77. The third-order valence-electron chi connectivity index (χ3n) is 5.21. The first-order valence-corrected chi connectivity index (χ1v) is 11.2. The molecule has 1 fully saturated rings. The zero-order valence-corrected chi connectivity index (χ0v) is 17.9. The number of para-hydroxylation sites is 1. The average molecular weight is 444 g/mol. The summed E-state index contributed by atoms with van der Waals surface area (Å²) in [6, 6.07) is 14.1. The smallest absolute Gasteiger partial charge is 0.250 e. The number of nitrogens with zero attached hydrogens (tertiary/aromatic N) is 2. The summed E-state index contributed by atoms with van der Waals surface area (Å²) in [6.07, 6.45) is 3.03. The maximum atomic E-state index is 13.3. The van der Waals surface area contributed by atoms with E-state index >= 15 is 0 Å². The highest BCUT2D eigenvalue weighted by molar-refractivity contribution is 8.01. The summed E-state index contributed by atoms with van der Waals surface area (Å²) < 4.78 is 0. The molecule has 1 saturated heterocycles. The van der Waals surface area contributed by atoms with Crippen LogP contribution in [0.3, 0.4) is 0 Å². The minimum atomic E-state index is -0.860. The van der Waals surface area contributed by atoms with Crippen molar-refractivity contribution < 1.29 is 14.4 Å². The van der Waals surface area contributed by atoms with Gasteiger partial charge in [-0.3, -0.25) is 14.4 Å². The summed E-state index contributed by atoms with van der Waals surface area (Å²) >= 11 is 7.16. The van der Waals surface area contributed by atoms with Crippen LogP contribution in [0.15, 0.2) is 53.4 Å². The number of thioether (sulfide) groups is 1. The van der Waals surface area contributed by atoms with Gasteiger partial charge >= 0.3 is 0 Å². The van der Waals surface area contributed by atoms with Crippen LogP contribution in [-0.2, 0) is 14.4 Å². The number of fused-ring (bicyclic) bond motifs is 1. The normalized spacial score (nSPS) is 18.7. The van der Waals surface area contributed by atoms with Gasteiger partial charge < -0.3 is 15.1 Å². The molecule has 2 aromatic carbocycles. The van der Waals surface area contributed by atoms with Crippen LogP contribution in [0.4, 0.5) is 11.4 Å². The number of benzene rings is 2. The van der Waals surface area contributed by atoms with E-state index in [1.54, 1.807) is 35.2 Å². The van der Waals surface area contributed by atoms with Gasteiger partial charge in [0.15, 0.2) is 5.25 Å². The van der Waals surface area contributed by atoms with E-state index in [4.69, 9.17) is 11.6 Å². The molecule has 2 heterocycles. The first-order chi connectivity index (χ1) is 14.5. The Morgan fingerprint density at radius 1 is 1.03 bits per heavy atom. The Morgan fingerprint density at radius 2 is 1.73 bits per heavy atom. The Morgan fingerprint density at radius 3 is 2.47 bits per heavy atom. The number of likely N-dealkylation sites (tertiary alicyclic amines) is 1. The topological polar surface area (TPSA) is 69.7 Å². The molecule has 2 aliphatic rings. The van der Waals surface area contributed by atoms with Gasteiger partial charge in [0.2, 0.25) is 11.8 Å². The van der Waals surface area contributed by atoms with Gasteiger partial charge in [-0.2, -0.15) is 0 Å². The van der Waals surface area contributed by atoms with Crippen molar-refractivity contribution in [3.05, 3.63) is 53.6 Å². The third-order valence-corrected chi connectivity index (χ3v) is 6.70. The molecule has 6 nitrogen and oxygen atoms in total. The Kier molecular flexibility index (Phi) is 6.29. The van der Waals surface area contributed by atoms with Crippen LogP contribution in [-0.4, -0.2) is 47.5 Å². The van der Waals surface area contributed by atoms with Gasteiger partial charge in [0.1, 0.15) is 6.54 Å². The van der Waals surface area contributed by atoms with Crippen molar-refractivity contribution in [1.29, 1.82) is 0 Å². The molecule has 0 saturated carbocycles. The van der Waals surface area contributed by atoms with Crippen LogP contribution in [0.1, 0.15) is 19.3 Å². The summed E-state index contributed by atoms with van der Waals surface area (Å²) in [5, 5.41) is 2.50. The predicted octanol–water partition coefficient (Wildman–Crippen LogP) is 3.80. The molecule has 1 atom stereocenters. The largest absolute Gasteiger partial charge is 0.341 e. The summed E-state index contributed by atoms with van der Waals surface area (Å²) in [7, 11) is 0. The third kappa shape index (κ3) is 4.47. The molecule has 0 radical (unpaired) electrons. The monoisotopic (exact) mass is 443 g/mol. The second-order valence-corrected chi connectivity index (χ2v) is 8.91. The number of piperidine rings is 1. The number of carbonyl (C=O) groups is 3. The number of hydrogen-bond donors (Lipinski definition) is 1. The molecule has 30 heavy (non-hydrogen) atoms. The minimum absolute atomic E-state index is 0.164. The van der Waals surface area contributed by atoms with E-state index in [-0.39, 0.29) is 24.3 Å². The fourth-order valence-corrected chi connectivity index (χ4v) is 5.01. The molecule has 0 spiro atoms. The highest BCUT2D eigenvalue weighted by atomic mass is 35.5. The molecule has 2 aliphatic heterocycles. The van der Waals surface area contributed by atoms with E-state index in [1.165, 1.54) is 16.7 Å². The van der Waals surface area contributed by atoms with Crippen molar-refractivity contribution in [3.63, 3.8) is 0 Å². The maximum absolute atomic E-state index is 13.3. The number of rotatable bonds is 4. The Hall–Kier alpha value is -2.51. The first-order valence-electron chi connectivity index (χ1n) is 9.94. The summed E-state index contributed by atoms with van der Waals surface area (Å²) in [5.74, 6) is -0.848. The minimum Gasteiger partial charge on any atom is -0.341 e.